The van der Waals surface area contributed by atoms with Gasteiger partial charge in [-0.25, -0.2) is 0 Å². The Hall–Kier alpha value is -1.74. The molecule has 2 aliphatic rings. The minimum absolute atomic E-state index is 0.0265. The van der Waals surface area contributed by atoms with Crippen molar-refractivity contribution in [2.45, 2.75) is 57.7 Å². The van der Waals surface area contributed by atoms with Crippen molar-refractivity contribution in [3.63, 3.8) is 0 Å². The van der Waals surface area contributed by atoms with Crippen LogP contribution < -0.4 is 5.56 Å². The topological polar surface area (TPSA) is 42.1 Å². The van der Waals surface area contributed by atoms with Crippen molar-refractivity contribution in [2.75, 3.05) is 6.61 Å². The highest BCUT2D eigenvalue weighted by Gasteiger charge is 2.59. The number of H-pyrrole nitrogens is 1. The summed E-state index contributed by atoms with van der Waals surface area (Å²) in [6.07, 6.45) is -0.968. The van der Waals surface area contributed by atoms with Crippen LogP contribution in [0.3, 0.4) is 0 Å². The summed E-state index contributed by atoms with van der Waals surface area (Å²) in [5.74, 6) is 5.11. The minimum atomic E-state index is -4.79. The van der Waals surface area contributed by atoms with E-state index >= 15 is 0 Å². The van der Waals surface area contributed by atoms with E-state index in [2.05, 4.69) is 16.8 Å². The van der Waals surface area contributed by atoms with Gasteiger partial charge in [-0.15, -0.1) is 0 Å². The minimum Gasteiger partial charge on any atom is -0.350 e. The Labute approximate surface area is 145 Å². The van der Waals surface area contributed by atoms with Crippen LogP contribution in [0.5, 0.6) is 0 Å². The van der Waals surface area contributed by atoms with E-state index in [0.717, 1.165) is 25.7 Å². The lowest BCUT2D eigenvalue weighted by atomic mass is 9.91. The van der Waals surface area contributed by atoms with Gasteiger partial charge in [-0.2, -0.15) is 13.2 Å². The SMILES string of the molecule is CCc1cc([C@](C#CC2CC2)(OCC2CC2)C(F)(F)F)c(=O)[nH]c1C. The van der Waals surface area contributed by atoms with E-state index in [1.807, 2.05) is 6.92 Å². The second-order valence-corrected chi connectivity index (χ2v) is 6.99. The van der Waals surface area contributed by atoms with E-state index < -0.39 is 22.9 Å². The Bertz CT molecular complexity index is 764. The van der Waals surface area contributed by atoms with Gasteiger partial charge < -0.3 is 9.72 Å². The zero-order valence-electron chi connectivity index (χ0n) is 14.4. The van der Waals surface area contributed by atoms with Crippen LogP contribution >= 0.6 is 0 Å². The summed E-state index contributed by atoms with van der Waals surface area (Å²) in [5.41, 5.74) is -2.86. The van der Waals surface area contributed by atoms with Gasteiger partial charge in [0.05, 0.1) is 12.2 Å². The Morgan fingerprint density at radius 3 is 2.48 bits per heavy atom. The van der Waals surface area contributed by atoms with Crippen molar-refractivity contribution >= 4 is 0 Å². The molecule has 6 heteroatoms. The molecule has 1 aromatic heterocycles. The molecule has 0 aromatic carbocycles. The van der Waals surface area contributed by atoms with Gasteiger partial charge in [-0.1, -0.05) is 18.8 Å². The molecule has 2 aliphatic carbocycles. The number of ether oxygens (including phenoxy) is 1. The predicted molar refractivity (Wildman–Crippen MR) is 88.1 cm³/mol. The Morgan fingerprint density at radius 1 is 1.28 bits per heavy atom. The molecule has 0 amide bonds. The molecule has 0 bridgehead atoms. The van der Waals surface area contributed by atoms with E-state index in [-0.39, 0.29) is 18.4 Å². The van der Waals surface area contributed by atoms with Crippen molar-refractivity contribution in [3.05, 3.63) is 33.2 Å². The highest BCUT2D eigenvalue weighted by Crippen LogP contribution is 2.43. The molecule has 0 unspecified atom stereocenters. The molecule has 136 valence electrons. The molecule has 0 radical (unpaired) electrons. The molecule has 3 rings (SSSR count). The number of aromatic nitrogens is 1. The number of rotatable bonds is 5. The third-order valence-corrected chi connectivity index (χ3v) is 4.77. The first-order valence-electron chi connectivity index (χ1n) is 8.73. The summed E-state index contributed by atoms with van der Waals surface area (Å²) < 4.78 is 47.8. The first-order chi connectivity index (χ1) is 11.8. The van der Waals surface area contributed by atoms with Crippen LogP contribution in [0.25, 0.3) is 0 Å². The fraction of sp³-hybridized carbons (Fsp3) is 0.632. The maximum Gasteiger partial charge on any atom is 0.433 e. The van der Waals surface area contributed by atoms with Gasteiger partial charge in [-0.05, 0) is 56.6 Å². The van der Waals surface area contributed by atoms with Gasteiger partial charge in [0, 0.05) is 11.6 Å². The average Bonchev–Trinajstić information content (AvgIpc) is 3.42. The van der Waals surface area contributed by atoms with E-state index in [0.29, 0.717) is 17.7 Å². The molecule has 1 N–H and O–H groups in total. The van der Waals surface area contributed by atoms with Crippen molar-refractivity contribution in [3.8, 4) is 11.8 Å². The summed E-state index contributed by atoms with van der Waals surface area (Å²) in [7, 11) is 0. The van der Waals surface area contributed by atoms with Crippen molar-refractivity contribution in [1.29, 1.82) is 0 Å². The summed E-state index contributed by atoms with van der Waals surface area (Å²) >= 11 is 0. The van der Waals surface area contributed by atoms with Crippen molar-refractivity contribution < 1.29 is 17.9 Å². The number of hydrogen-bond acceptors (Lipinski definition) is 2. The Morgan fingerprint density at radius 2 is 1.96 bits per heavy atom. The smallest absolute Gasteiger partial charge is 0.350 e. The van der Waals surface area contributed by atoms with E-state index in [1.165, 1.54) is 6.07 Å². The van der Waals surface area contributed by atoms with Crippen LogP contribution in [0.1, 0.15) is 49.4 Å². The van der Waals surface area contributed by atoms with Crippen LogP contribution in [0.15, 0.2) is 10.9 Å². The quantitative estimate of drug-likeness (QED) is 0.817. The predicted octanol–water partition coefficient (Wildman–Crippen LogP) is 3.84. The molecule has 1 atom stereocenters. The standard InChI is InChI=1S/C19H22F3NO2/c1-3-15-10-16(17(24)23-12(15)2)18(19(20,21)22,9-8-13-4-5-13)25-11-14-6-7-14/h10,13-14H,3-7,11H2,1-2H3,(H,23,24)/t18-/m0/s1. The first-order valence-corrected chi connectivity index (χ1v) is 8.73. The number of hydrogen-bond donors (Lipinski definition) is 1. The van der Waals surface area contributed by atoms with Crippen LogP contribution in [0.2, 0.25) is 0 Å². The number of alkyl halides is 3. The van der Waals surface area contributed by atoms with Gasteiger partial charge in [0.2, 0.25) is 0 Å². The van der Waals surface area contributed by atoms with Crippen molar-refractivity contribution in [1.82, 2.24) is 4.98 Å². The third kappa shape index (κ3) is 3.77. The lowest BCUT2D eigenvalue weighted by Crippen LogP contribution is -2.48. The van der Waals surface area contributed by atoms with Crippen LogP contribution in [-0.2, 0) is 16.8 Å². The number of halogens is 3. The number of nitrogens with one attached hydrogen (secondary N) is 1. The van der Waals surface area contributed by atoms with Gasteiger partial charge in [0.25, 0.3) is 11.2 Å². The molecule has 0 saturated heterocycles. The average molecular weight is 353 g/mol. The maximum absolute atomic E-state index is 14.1. The highest BCUT2D eigenvalue weighted by atomic mass is 19.4. The molecule has 1 heterocycles. The van der Waals surface area contributed by atoms with Gasteiger partial charge in [0.1, 0.15) is 0 Å². The molecule has 1 aromatic rings. The highest BCUT2D eigenvalue weighted by molar-refractivity contribution is 5.38. The molecule has 3 nitrogen and oxygen atoms in total. The zero-order valence-corrected chi connectivity index (χ0v) is 14.4. The van der Waals surface area contributed by atoms with Crippen LogP contribution in [0, 0.1) is 30.6 Å². The zero-order chi connectivity index (χ0) is 18.2. The third-order valence-electron chi connectivity index (χ3n) is 4.77. The molecule has 25 heavy (non-hydrogen) atoms. The first kappa shape index (κ1) is 18.1. The number of aryl methyl sites for hydroxylation is 2. The maximum atomic E-state index is 14.1. The van der Waals surface area contributed by atoms with E-state index in [4.69, 9.17) is 4.74 Å². The fourth-order valence-electron chi connectivity index (χ4n) is 2.74. The molecule has 0 spiro atoms. The summed E-state index contributed by atoms with van der Waals surface area (Å²) in [6, 6.07) is 1.32. The summed E-state index contributed by atoms with van der Waals surface area (Å²) in [5, 5.41) is 0. The lowest BCUT2D eigenvalue weighted by molar-refractivity contribution is -0.260. The van der Waals surface area contributed by atoms with Gasteiger partial charge in [-0.3, -0.25) is 4.79 Å². The van der Waals surface area contributed by atoms with Crippen LogP contribution in [0.4, 0.5) is 13.2 Å². The molecular weight excluding hydrogens is 331 g/mol. The summed E-state index contributed by atoms with van der Waals surface area (Å²) in [6.45, 7) is 3.48. The van der Waals surface area contributed by atoms with Gasteiger partial charge in [0.15, 0.2) is 0 Å². The Kier molecular flexibility index (Phi) is 4.72. The van der Waals surface area contributed by atoms with Crippen LogP contribution in [-0.4, -0.2) is 17.8 Å². The largest absolute Gasteiger partial charge is 0.433 e. The summed E-state index contributed by atoms with van der Waals surface area (Å²) in [4.78, 5) is 15.0. The van der Waals surface area contributed by atoms with Crippen molar-refractivity contribution in [2.24, 2.45) is 11.8 Å². The normalized spacial score (nSPS) is 19.9. The number of pyridine rings is 1. The number of aromatic amines is 1. The van der Waals surface area contributed by atoms with E-state index in [9.17, 15) is 18.0 Å². The molecule has 2 saturated carbocycles. The fourth-order valence-corrected chi connectivity index (χ4v) is 2.74. The van der Waals surface area contributed by atoms with Gasteiger partial charge >= 0.3 is 6.18 Å². The molecular formula is C19H22F3NO2. The second kappa shape index (κ2) is 6.53. The second-order valence-electron chi connectivity index (χ2n) is 6.99. The Balaban J connectivity index is 2.14. The van der Waals surface area contributed by atoms with E-state index in [1.54, 1.807) is 6.92 Å². The molecule has 2 fully saturated rings. The monoisotopic (exact) mass is 353 g/mol. The lowest BCUT2D eigenvalue weighted by Gasteiger charge is -2.31. The molecule has 0 aliphatic heterocycles.